The van der Waals surface area contributed by atoms with E-state index in [1.54, 1.807) is 9.80 Å². The number of methoxy groups -OCH3 is 1. The lowest BCUT2D eigenvalue weighted by molar-refractivity contribution is -0.146. The summed E-state index contributed by atoms with van der Waals surface area (Å²) in [4.78, 5) is 40.0. The summed E-state index contributed by atoms with van der Waals surface area (Å²) in [6.07, 6.45) is 1.52. The first-order chi connectivity index (χ1) is 12.9. The molecule has 2 fully saturated rings. The van der Waals surface area contributed by atoms with Gasteiger partial charge in [-0.1, -0.05) is 6.07 Å². The minimum Gasteiger partial charge on any atom is -0.469 e. The van der Waals surface area contributed by atoms with E-state index in [4.69, 9.17) is 4.74 Å². The van der Waals surface area contributed by atoms with Crippen LogP contribution in [0.4, 0.5) is 10.5 Å². The van der Waals surface area contributed by atoms with Gasteiger partial charge >= 0.3 is 12.0 Å². The average molecular weight is 373 g/mol. The molecule has 7 heteroatoms. The highest BCUT2D eigenvalue weighted by Crippen LogP contribution is 2.24. The number of aryl methyl sites for hydroxylation is 2. The van der Waals surface area contributed by atoms with E-state index in [-0.39, 0.29) is 29.9 Å². The van der Waals surface area contributed by atoms with Gasteiger partial charge in [-0.25, -0.2) is 4.79 Å². The van der Waals surface area contributed by atoms with Crippen molar-refractivity contribution in [3.63, 3.8) is 0 Å². The number of piperidine rings is 1. The molecule has 3 amide bonds. The number of amides is 3. The zero-order valence-corrected chi connectivity index (χ0v) is 16.2. The number of ether oxygens (including phenoxy) is 1. The largest absolute Gasteiger partial charge is 0.469 e. The number of nitrogens with zero attached hydrogens (tertiary/aromatic N) is 2. The molecule has 0 unspecified atom stereocenters. The Morgan fingerprint density at radius 3 is 2.48 bits per heavy atom. The van der Waals surface area contributed by atoms with Crippen molar-refractivity contribution in [2.45, 2.75) is 39.2 Å². The molecule has 1 aromatic carbocycles. The molecule has 7 nitrogen and oxygen atoms in total. The van der Waals surface area contributed by atoms with Gasteiger partial charge in [0.15, 0.2) is 0 Å². The van der Waals surface area contributed by atoms with Gasteiger partial charge in [0, 0.05) is 31.7 Å². The Bertz CT molecular complexity index is 741. The third-order valence-corrected chi connectivity index (χ3v) is 5.57. The van der Waals surface area contributed by atoms with E-state index in [0.717, 1.165) is 11.3 Å². The first kappa shape index (κ1) is 19.2. The fourth-order valence-corrected chi connectivity index (χ4v) is 3.70. The number of esters is 1. The molecule has 0 aromatic heterocycles. The van der Waals surface area contributed by atoms with Gasteiger partial charge in [-0.15, -0.1) is 0 Å². The molecule has 2 saturated heterocycles. The van der Waals surface area contributed by atoms with Crippen LogP contribution in [0, 0.1) is 19.8 Å². The Balaban J connectivity index is 1.54. The Kier molecular flexibility index (Phi) is 5.68. The predicted molar refractivity (Wildman–Crippen MR) is 102 cm³/mol. The van der Waals surface area contributed by atoms with E-state index in [1.165, 1.54) is 12.7 Å². The number of hydrogen-bond donors (Lipinski definition) is 1. The van der Waals surface area contributed by atoms with Gasteiger partial charge in [-0.05, 0) is 49.9 Å². The van der Waals surface area contributed by atoms with Crippen molar-refractivity contribution in [1.29, 1.82) is 0 Å². The van der Waals surface area contributed by atoms with Crippen molar-refractivity contribution in [2.75, 3.05) is 31.6 Å². The van der Waals surface area contributed by atoms with Crippen molar-refractivity contribution in [3.05, 3.63) is 29.3 Å². The molecule has 0 saturated carbocycles. The average Bonchev–Trinajstić information content (AvgIpc) is 3.03. The SMILES string of the molecule is COC(=O)C1CCN(C(=O)N[C@@H]2CC(=O)N(c3ccc(C)c(C)c3)C2)CC1. The summed E-state index contributed by atoms with van der Waals surface area (Å²) in [7, 11) is 1.39. The summed E-state index contributed by atoms with van der Waals surface area (Å²) in [6, 6.07) is 5.59. The number of benzene rings is 1. The molecule has 2 aliphatic rings. The maximum absolute atomic E-state index is 12.5. The Morgan fingerprint density at radius 2 is 1.85 bits per heavy atom. The number of carbonyl (C=O) groups excluding carboxylic acids is 3. The molecule has 2 aliphatic heterocycles. The zero-order chi connectivity index (χ0) is 19.6. The third kappa shape index (κ3) is 4.23. The highest BCUT2D eigenvalue weighted by molar-refractivity contribution is 5.97. The molecule has 0 spiro atoms. The minimum absolute atomic E-state index is 0.0213. The molecule has 27 heavy (non-hydrogen) atoms. The topological polar surface area (TPSA) is 79.0 Å². The highest BCUT2D eigenvalue weighted by Gasteiger charge is 2.34. The van der Waals surface area contributed by atoms with Crippen LogP contribution in [0.15, 0.2) is 18.2 Å². The van der Waals surface area contributed by atoms with Crippen LogP contribution in [-0.4, -0.2) is 55.6 Å². The normalized spacial score (nSPS) is 20.7. The summed E-state index contributed by atoms with van der Waals surface area (Å²) < 4.78 is 4.77. The second kappa shape index (κ2) is 7.98. The molecule has 3 rings (SSSR count). The van der Waals surface area contributed by atoms with E-state index < -0.39 is 0 Å². The predicted octanol–water partition coefficient (Wildman–Crippen LogP) is 2.00. The zero-order valence-electron chi connectivity index (χ0n) is 16.2. The molecular weight excluding hydrogens is 346 g/mol. The van der Waals surface area contributed by atoms with E-state index in [0.29, 0.717) is 38.9 Å². The first-order valence-corrected chi connectivity index (χ1v) is 9.40. The van der Waals surface area contributed by atoms with Gasteiger partial charge in [0.1, 0.15) is 0 Å². The summed E-state index contributed by atoms with van der Waals surface area (Å²) >= 11 is 0. The molecule has 2 heterocycles. The van der Waals surface area contributed by atoms with Crippen molar-refractivity contribution < 1.29 is 19.1 Å². The van der Waals surface area contributed by atoms with Crippen LogP contribution >= 0.6 is 0 Å². The van der Waals surface area contributed by atoms with E-state index in [1.807, 2.05) is 32.0 Å². The fourth-order valence-electron chi connectivity index (χ4n) is 3.70. The molecule has 1 aromatic rings. The molecular formula is C20H27N3O4. The quantitative estimate of drug-likeness (QED) is 0.822. The van der Waals surface area contributed by atoms with Crippen LogP contribution in [0.25, 0.3) is 0 Å². The molecule has 0 radical (unpaired) electrons. The van der Waals surface area contributed by atoms with Crippen LogP contribution in [-0.2, 0) is 14.3 Å². The Hall–Kier alpha value is -2.57. The number of urea groups is 1. The number of nitrogens with one attached hydrogen (secondary N) is 1. The van der Waals surface area contributed by atoms with Crippen LogP contribution in [0.3, 0.4) is 0 Å². The Morgan fingerprint density at radius 1 is 1.15 bits per heavy atom. The van der Waals surface area contributed by atoms with E-state index in [2.05, 4.69) is 5.32 Å². The number of hydrogen-bond acceptors (Lipinski definition) is 4. The molecule has 1 N–H and O–H groups in total. The number of carbonyl (C=O) groups is 3. The van der Waals surface area contributed by atoms with Crippen molar-refractivity contribution >= 4 is 23.6 Å². The van der Waals surface area contributed by atoms with Crippen LogP contribution < -0.4 is 10.2 Å². The van der Waals surface area contributed by atoms with Gasteiger partial charge in [-0.2, -0.15) is 0 Å². The summed E-state index contributed by atoms with van der Waals surface area (Å²) in [5.41, 5.74) is 3.20. The minimum atomic E-state index is -0.208. The molecule has 0 bridgehead atoms. The third-order valence-electron chi connectivity index (χ3n) is 5.57. The van der Waals surface area contributed by atoms with Gasteiger partial charge in [0.2, 0.25) is 5.91 Å². The van der Waals surface area contributed by atoms with E-state index >= 15 is 0 Å². The standard InChI is InChI=1S/C20H27N3O4/c1-13-4-5-17(10-14(13)2)23-12-16(11-18(23)24)21-20(26)22-8-6-15(7-9-22)19(25)27-3/h4-5,10,15-16H,6-9,11-12H2,1-3H3,(H,21,26)/t16-/m1/s1. The number of rotatable bonds is 3. The van der Waals surface area contributed by atoms with E-state index in [9.17, 15) is 14.4 Å². The second-order valence-corrected chi connectivity index (χ2v) is 7.41. The van der Waals surface area contributed by atoms with Crippen molar-refractivity contribution in [2.24, 2.45) is 5.92 Å². The molecule has 146 valence electrons. The monoisotopic (exact) mass is 373 g/mol. The van der Waals surface area contributed by atoms with Gasteiger partial charge in [-0.3, -0.25) is 9.59 Å². The lowest BCUT2D eigenvalue weighted by Gasteiger charge is -2.31. The highest BCUT2D eigenvalue weighted by atomic mass is 16.5. The maximum atomic E-state index is 12.5. The summed E-state index contributed by atoms with van der Waals surface area (Å²) in [5, 5.41) is 2.97. The number of likely N-dealkylation sites (tertiary alicyclic amines) is 1. The second-order valence-electron chi connectivity index (χ2n) is 7.41. The van der Waals surface area contributed by atoms with Crippen LogP contribution in [0.1, 0.15) is 30.4 Å². The van der Waals surface area contributed by atoms with Crippen LogP contribution in [0.2, 0.25) is 0 Å². The first-order valence-electron chi connectivity index (χ1n) is 9.40. The summed E-state index contributed by atoms with van der Waals surface area (Å²) in [6.45, 7) is 5.58. The lowest BCUT2D eigenvalue weighted by Crippen LogP contribution is -2.49. The van der Waals surface area contributed by atoms with Gasteiger partial charge in [0.25, 0.3) is 0 Å². The van der Waals surface area contributed by atoms with Crippen molar-refractivity contribution in [1.82, 2.24) is 10.2 Å². The van der Waals surface area contributed by atoms with Gasteiger partial charge in [0.05, 0.1) is 19.1 Å². The molecule has 0 aliphatic carbocycles. The fraction of sp³-hybridized carbons (Fsp3) is 0.550. The number of anilines is 1. The Labute approximate surface area is 159 Å². The lowest BCUT2D eigenvalue weighted by atomic mass is 9.97. The van der Waals surface area contributed by atoms with Crippen LogP contribution in [0.5, 0.6) is 0 Å². The smallest absolute Gasteiger partial charge is 0.317 e. The van der Waals surface area contributed by atoms with Crippen molar-refractivity contribution in [3.8, 4) is 0 Å². The molecule has 1 atom stereocenters. The van der Waals surface area contributed by atoms with Gasteiger partial charge < -0.3 is 19.9 Å². The maximum Gasteiger partial charge on any atom is 0.317 e. The summed E-state index contributed by atoms with van der Waals surface area (Å²) in [5.74, 6) is -0.319.